The Morgan fingerprint density at radius 3 is 2.81 bits per heavy atom. The summed E-state index contributed by atoms with van der Waals surface area (Å²) in [6, 6.07) is 0.472. The smallest absolute Gasteiger partial charge is 0.191 e. The highest BCUT2D eigenvalue weighted by molar-refractivity contribution is 14.0. The van der Waals surface area contributed by atoms with Crippen molar-refractivity contribution in [3.05, 3.63) is 18.2 Å². The van der Waals surface area contributed by atoms with Crippen LogP contribution in [-0.4, -0.2) is 41.3 Å². The largest absolute Gasteiger partial charge is 0.378 e. The van der Waals surface area contributed by atoms with Gasteiger partial charge in [0.2, 0.25) is 0 Å². The molecule has 26 heavy (non-hydrogen) atoms. The Hall–Kier alpha value is -0.830. The molecular weight excluding hydrogens is 441 g/mol. The van der Waals surface area contributed by atoms with Crippen molar-refractivity contribution in [3.8, 4) is 0 Å². The Bertz CT molecular complexity index is 597. The molecule has 2 atom stereocenters. The fraction of sp³-hybridized carbons (Fsp3) is 0.789. The van der Waals surface area contributed by atoms with E-state index in [0.717, 1.165) is 31.4 Å². The molecule has 0 saturated heterocycles. The Morgan fingerprint density at radius 1 is 1.46 bits per heavy atom. The second-order valence-electron chi connectivity index (χ2n) is 7.78. The van der Waals surface area contributed by atoms with Crippen LogP contribution in [0.15, 0.2) is 17.4 Å². The molecule has 148 valence electrons. The van der Waals surface area contributed by atoms with Crippen LogP contribution in [0.3, 0.4) is 0 Å². The third-order valence-electron chi connectivity index (χ3n) is 5.75. The summed E-state index contributed by atoms with van der Waals surface area (Å²) in [6.45, 7) is 9.03. The zero-order valence-electron chi connectivity index (χ0n) is 16.5. The summed E-state index contributed by atoms with van der Waals surface area (Å²) in [7, 11) is 1.84. The monoisotopic (exact) mass is 475 g/mol. The highest BCUT2D eigenvalue weighted by Gasteiger charge is 2.59. The first-order valence-electron chi connectivity index (χ1n) is 9.68. The van der Waals surface area contributed by atoms with E-state index in [9.17, 15) is 0 Å². The molecule has 0 aliphatic heterocycles. The lowest BCUT2D eigenvalue weighted by atomic mass is 9.51. The Morgan fingerprint density at radius 2 is 2.23 bits per heavy atom. The van der Waals surface area contributed by atoms with Crippen LogP contribution in [0.1, 0.15) is 52.3 Å². The fourth-order valence-corrected chi connectivity index (χ4v) is 4.23. The molecule has 0 aromatic carbocycles. The molecular formula is C19H34IN5O. The van der Waals surface area contributed by atoms with E-state index in [1.807, 2.05) is 13.2 Å². The Kier molecular flexibility index (Phi) is 7.76. The summed E-state index contributed by atoms with van der Waals surface area (Å²) >= 11 is 0. The van der Waals surface area contributed by atoms with Crippen molar-refractivity contribution in [1.29, 1.82) is 0 Å². The molecule has 0 amide bonds. The lowest BCUT2D eigenvalue weighted by Gasteiger charge is -2.61. The van der Waals surface area contributed by atoms with Gasteiger partial charge in [-0.2, -0.15) is 0 Å². The van der Waals surface area contributed by atoms with Crippen molar-refractivity contribution >= 4 is 29.9 Å². The molecule has 2 saturated carbocycles. The zero-order chi connectivity index (χ0) is 17.9. The number of imidazole rings is 1. The molecule has 2 fully saturated rings. The summed E-state index contributed by atoms with van der Waals surface area (Å²) in [6.07, 6.45) is 9.28. The lowest BCUT2D eigenvalue weighted by Crippen LogP contribution is -2.68. The fourth-order valence-electron chi connectivity index (χ4n) is 4.23. The molecule has 6 nitrogen and oxygen atoms in total. The van der Waals surface area contributed by atoms with Crippen LogP contribution in [0, 0.1) is 11.3 Å². The van der Waals surface area contributed by atoms with E-state index in [1.165, 1.54) is 19.3 Å². The number of hydrogen-bond donors (Lipinski definition) is 2. The lowest BCUT2D eigenvalue weighted by molar-refractivity contribution is -0.168. The van der Waals surface area contributed by atoms with E-state index in [0.29, 0.717) is 30.0 Å². The average Bonchev–Trinajstić information content (AvgIpc) is 2.94. The summed E-state index contributed by atoms with van der Waals surface area (Å²) in [5, 5.41) is 7.06. The van der Waals surface area contributed by atoms with Gasteiger partial charge in [0.1, 0.15) is 5.82 Å². The number of aromatic nitrogens is 2. The topological polar surface area (TPSA) is 63.5 Å². The van der Waals surface area contributed by atoms with Gasteiger partial charge in [0.15, 0.2) is 5.96 Å². The number of ether oxygens (including phenoxy) is 1. The van der Waals surface area contributed by atoms with Crippen LogP contribution in [0.25, 0.3) is 0 Å². The van der Waals surface area contributed by atoms with Gasteiger partial charge < -0.3 is 19.9 Å². The first-order chi connectivity index (χ1) is 12.1. The van der Waals surface area contributed by atoms with E-state index >= 15 is 0 Å². The molecule has 1 spiro atoms. The minimum Gasteiger partial charge on any atom is -0.378 e. The van der Waals surface area contributed by atoms with E-state index < -0.39 is 0 Å². The summed E-state index contributed by atoms with van der Waals surface area (Å²) in [5.74, 6) is 2.52. The first-order valence-corrected chi connectivity index (χ1v) is 9.68. The predicted molar refractivity (Wildman–Crippen MR) is 116 cm³/mol. The van der Waals surface area contributed by atoms with Crippen LogP contribution in [0.2, 0.25) is 0 Å². The van der Waals surface area contributed by atoms with Crippen molar-refractivity contribution in [2.75, 3.05) is 13.7 Å². The highest BCUT2D eigenvalue weighted by atomic mass is 127. The minimum atomic E-state index is 0. The molecule has 3 rings (SSSR count). The number of halogens is 1. The Balaban J connectivity index is 0.00000243. The summed E-state index contributed by atoms with van der Waals surface area (Å²) in [4.78, 5) is 8.89. The molecule has 2 aliphatic carbocycles. The van der Waals surface area contributed by atoms with Gasteiger partial charge in [-0.15, -0.1) is 24.0 Å². The van der Waals surface area contributed by atoms with Crippen molar-refractivity contribution in [2.24, 2.45) is 16.3 Å². The van der Waals surface area contributed by atoms with Gasteiger partial charge in [-0.25, -0.2) is 4.98 Å². The van der Waals surface area contributed by atoms with Crippen LogP contribution >= 0.6 is 24.0 Å². The van der Waals surface area contributed by atoms with Crippen LogP contribution < -0.4 is 10.6 Å². The molecule has 7 heteroatoms. The highest BCUT2D eigenvalue weighted by Crippen LogP contribution is 2.57. The second kappa shape index (κ2) is 9.39. The number of aliphatic imine (C=N–C) groups is 1. The normalized spacial score (nSPS) is 24.0. The minimum absolute atomic E-state index is 0. The number of rotatable bonds is 7. The standard InChI is InChI=1S/C19H33N5O.HI/c1-5-25-16-11-15(19(16)7-6-8-19)23-18(20-4)22-12-17-21-9-10-24(17)13-14(2)3;/h9-10,14-16H,5-8,11-13H2,1-4H3,(H2,20,22,23);1H. The number of guanidine groups is 1. The maximum absolute atomic E-state index is 5.94. The molecule has 1 aromatic rings. The predicted octanol–water partition coefficient (Wildman–Crippen LogP) is 3.17. The Labute approximate surface area is 174 Å². The maximum Gasteiger partial charge on any atom is 0.191 e. The van der Waals surface area contributed by atoms with E-state index in [2.05, 4.69) is 52.1 Å². The first kappa shape index (κ1) is 21.5. The van der Waals surface area contributed by atoms with Crippen molar-refractivity contribution in [1.82, 2.24) is 20.2 Å². The van der Waals surface area contributed by atoms with E-state index in [-0.39, 0.29) is 24.0 Å². The summed E-state index contributed by atoms with van der Waals surface area (Å²) < 4.78 is 8.15. The van der Waals surface area contributed by atoms with E-state index in [1.54, 1.807) is 0 Å². The number of hydrogen-bond acceptors (Lipinski definition) is 3. The molecule has 2 N–H and O–H groups in total. The SMILES string of the molecule is CCOC1CC(NC(=NC)NCc2nccn2CC(C)C)C12CCC2.I. The third-order valence-corrected chi connectivity index (χ3v) is 5.75. The van der Waals surface area contributed by atoms with Crippen LogP contribution in [-0.2, 0) is 17.8 Å². The van der Waals surface area contributed by atoms with Gasteiger partial charge in [-0.05, 0) is 32.1 Å². The van der Waals surface area contributed by atoms with Crippen molar-refractivity contribution in [2.45, 2.75) is 71.7 Å². The number of nitrogens with zero attached hydrogens (tertiary/aromatic N) is 3. The second-order valence-corrected chi connectivity index (χ2v) is 7.78. The van der Waals surface area contributed by atoms with Crippen LogP contribution in [0.4, 0.5) is 0 Å². The van der Waals surface area contributed by atoms with Gasteiger partial charge in [-0.1, -0.05) is 20.3 Å². The maximum atomic E-state index is 5.94. The molecule has 2 aliphatic rings. The zero-order valence-corrected chi connectivity index (χ0v) is 18.8. The van der Waals surface area contributed by atoms with Gasteiger partial charge in [0.25, 0.3) is 0 Å². The number of nitrogens with one attached hydrogen (secondary N) is 2. The van der Waals surface area contributed by atoms with Gasteiger partial charge in [0, 0.05) is 44.0 Å². The third kappa shape index (κ3) is 4.35. The average molecular weight is 475 g/mol. The van der Waals surface area contributed by atoms with Gasteiger partial charge >= 0.3 is 0 Å². The quantitative estimate of drug-likeness (QED) is 0.361. The molecule has 0 bridgehead atoms. The van der Waals surface area contributed by atoms with Gasteiger partial charge in [-0.3, -0.25) is 4.99 Å². The molecule has 1 aromatic heterocycles. The van der Waals surface area contributed by atoms with Crippen molar-refractivity contribution in [3.63, 3.8) is 0 Å². The molecule has 2 unspecified atom stereocenters. The molecule has 0 radical (unpaired) electrons. The molecule has 1 heterocycles. The summed E-state index contributed by atoms with van der Waals surface area (Å²) in [5.41, 5.74) is 0.337. The van der Waals surface area contributed by atoms with Crippen LogP contribution in [0.5, 0.6) is 0 Å². The van der Waals surface area contributed by atoms with Crippen molar-refractivity contribution < 1.29 is 4.74 Å². The van der Waals surface area contributed by atoms with Gasteiger partial charge in [0.05, 0.1) is 12.6 Å². The van der Waals surface area contributed by atoms with E-state index in [4.69, 9.17) is 4.74 Å².